The summed E-state index contributed by atoms with van der Waals surface area (Å²) in [5.41, 5.74) is 0.597. The Morgan fingerprint density at radius 2 is 2.29 bits per heavy atom. The second-order valence-corrected chi connectivity index (χ2v) is 4.67. The number of aromatic amines is 1. The van der Waals surface area contributed by atoms with E-state index in [1.165, 1.54) is 17.4 Å². The molecule has 0 unspecified atom stereocenters. The summed E-state index contributed by atoms with van der Waals surface area (Å²) in [6.07, 6.45) is 1.09. The largest absolute Gasteiger partial charge is 0.320 e. The average Bonchev–Trinajstić information content (AvgIpc) is 2.78. The first-order chi connectivity index (χ1) is 8.29. The molecule has 2 aromatic rings. The van der Waals surface area contributed by atoms with Gasteiger partial charge in [-0.15, -0.1) is 10.2 Å². The average molecular weight is 250 g/mol. The van der Waals surface area contributed by atoms with Crippen LogP contribution in [0.5, 0.6) is 0 Å². The van der Waals surface area contributed by atoms with Gasteiger partial charge in [-0.25, -0.2) is 0 Å². The van der Waals surface area contributed by atoms with Crippen molar-refractivity contribution in [3.05, 3.63) is 33.6 Å². The van der Waals surface area contributed by atoms with Crippen LogP contribution in [0, 0.1) is 0 Å². The Balaban J connectivity index is 2.10. The standard InChI is InChI=1S/C11H14N4OS/c1-2-6-12-7-10-14-15-11(17-10)8-4-3-5-9(16)13-8/h3-5,12H,2,6-7H2,1H3,(H,13,16). The Kier molecular flexibility index (Phi) is 4.00. The van der Waals surface area contributed by atoms with Crippen molar-refractivity contribution < 1.29 is 0 Å². The van der Waals surface area contributed by atoms with Gasteiger partial charge in [-0.05, 0) is 19.0 Å². The van der Waals surface area contributed by atoms with Crippen LogP contribution >= 0.6 is 11.3 Å². The highest BCUT2D eigenvalue weighted by atomic mass is 32.1. The minimum absolute atomic E-state index is 0.122. The van der Waals surface area contributed by atoms with Gasteiger partial charge in [0.15, 0.2) is 5.01 Å². The second-order valence-electron chi connectivity index (χ2n) is 3.61. The lowest BCUT2D eigenvalue weighted by molar-refractivity contribution is 0.668. The minimum Gasteiger partial charge on any atom is -0.320 e. The predicted molar refractivity (Wildman–Crippen MR) is 68.0 cm³/mol. The number of nitrogens with one attached hydrogen (secondary N) is 2. The molecule has 0 amide bonds. The molecule has 0 aliphatic heterocycles. The van der Waals surface area contributed by atoms with Crippen molar-refractivity contribution in [2.24, 2.45) is 0 Å². The molecule has 17 heavy (non-hydrogen) atoms. The van der Waals surface area contributed by atoms with E-state index in [1.54, 1.807) is 6.07 Å². The van der Waals surface area contributed by atoms with E-state index < -0.39 is 0 Å². The van der Waals surface area contributed by atoms with E-state index in [4.69, 9.17) is 0 Å². The van der Waals surface area contributed by atoms with E-state index in [9.17, 15) is 4.79 Å². The van der Waals surface area contributed by atoms with E-state index in [-0.39, 0.29) is 5.56 Å². The molecule has 2 aromatic heterocycles. The molecule has 2 heterocycles. The first-order valence-electron chi connectivity index (χ1n) is 5.52. The van der Waals surface area contributed by atoms with Crippen LogP contribution in [0.15, 0.2) is 23.0 Å². The van der Waals surface area contributed by atoms with Crippen molar-refractivity contribution >= 4 is 11.3 Å². The fourth-order valence-corrected chi connectivity index (χ4v) is 2.17. The zero-order chi connectivity index (χ0) is 12.1. The highest BCUT2D eigenvalue weighted by Gasteiger charge is 2.06. The van der Waals surface area contributed by atoms with E-state index in [0.717, 1.165) is 35.2 Å². The number of aromatic nitrogens is 3. The van der Waals surface area contributed by atoms with Crippen molar-refractivity contribution in [2.75, 3.05) is 6.54 Å². The molecule has 5 nitrogen and oxygen atoms in total. The van der Waals surface area contributed by atoms with Gasteiger partial charge in [0, 0.05) is 12.6 Å². The lowest BCUT2D eigenvalue weighted by atomic mass is 10.4. The van der Waals surface area contributed by atoms with Crippen molar-refractivity contribution in [3.63, 3.8) is 0 Å². The lowest BCUT2D eigenvalue weighted by Gasteiger charge is -1.96. The molecule has 0 atom stereocenters. The first kappa shape index (κ1) is 11.9. The molecule has 6 heteroatoms. The summed E-state index contributed by atoms with van der Waals surface area (Å²) < 4.78 is 0. The maximum atomic E-state index is 11.2. The molecule has 0 spiro atoms. The molecular weight excluding hydrogens is 236 g/mol. The summed E-state index contributed by atoms with van der Waals surface area (Å²) in [7, 11) is 0. The summed E-state index contributed by atoms with van der Waals surface area (Å²) in [4.78, 5) is 13.9. The SMILES string of the molecule is CCCNCc1nnc(-c2cccc(=O)[nH]2)s1. The number of hydrogen-bond acceptors (Lipinski definition) is 5. The summed E-state index contributed by atoms with van der Waals surface area (Å²) >= 11 is 1.49. The van der Waals surface area contributed by atoms with Gasteiger partial charge in [-0.3, -0.25) is 4.79 Å². The van der Waals surface area contributed by atoms with Crippen LogP contribution in [0.3, 0.4) is 0 Å². The summed E-state index contributed by atoms with van der Waals surface area (Å²) in [6, 6.07) is 5.02. The summed E-state index contributed by atoms with van der Waals surface area (Å²) in [5, 5.41) is 13.1. The Labute approximate surface area is 103 Å². The summed E-state index contributed by atoms with van der Waals surface area (Å²) in [6.45, 7) is 3.81. The molecule has 90 valence electrons. The number of rotatable bonds is 5. The van der Waals surface area contributed by atoms with Crippen LogP contribution in [0.2, 0.25) is 0 Å². The number of nitrogens with zero attached hydrogens (tertiary/aromatic N) is 2. The van der Waals surface area contributed by atoms with E-state index in [0.29, 0.717) is 0 Å². The van der Waals surface area contributed by atoms with Crippen LogP contribution in [-0.4, -0.2) is 21.7 Å². The van der Waals surface area contributed by atoms with Gasteiger partial charge in [0.1, 0.15) is 5.01 Å². The Bertz CT molecular complexity index is 534. The molecule has 0 bridgehead atoms. The zero-order valence-corrected chi connectivity index (χ0v) is 10.4. The molecule has 0 saturated carbocycles. The monoisotopic (exact) mass is 250 g/mol. The maximum Gasteiger partial charge on any atom is 0.248 e. The fourth-order valence-electron chi connectivity index (χ4n) is 1.38. The number of hydrogen-bond donors (Lipinski definition) is 2. The van der Waals surface area contributed by atoms with Gasteiger partial charge in [-0.2, -0.15) is 0 Å². The van der Waals surface area contributed by atoms with Crippen LogP contribution in [0.1, 0.15) is 18.4 Å². The highest BCUT2D eigenvalue weighted by molar-refractivity contribution is 7.14. The topological polar surface area (TPSA) is 70.7 Å². The fraction of sp³-hybridized carbons (Fsp3) is 0.364. The van der Waals surface area contributed by atoms with Crippen molar-refractivity contribution in [3.8, 4) is 10.7 Å². The summed E-state index contributed by atoms with van der Waals surface area (Å²) in [5.74, 6) is 0. The third-order valence-electron chi connectivity index (χ3n) is 2.17. The van der Waals surface area contributed by atoms with E-state index in [2.05, 4.69) is 27.4 Å². The quantitative estimate of drug-likeness (QED) is 0.787. The molecule has 0 aromatic carbocycles. The molecule has 0 fully saturated rings. The molecule has 2 rings (SSSR count). The Morgan fingerprint density at radius 3 is 3.06 bits per heavy atom. The van der Waals surface area contributed by atoms with E-state index in [1.807, 2.05) is 6.07 Å². The number of pyridine rings is 1. The van der Waals surface area contributed by atoms with Crippen LogP contribution in [-0.2, 0) is 6.54 Å². The minimum atomic E-state index is -0.122. The highest BCUT2D eigenvalue weighted by Crippen LogP contribution is 2.20. The molecule has 0 radical (unpaired) electrons. The normalized spacial score (nSPS) is 10.6. The third-order valence-corrected chi connectivity index (χ3v) is 3.13. The number of H-pyrrole nitrogens is 1. The Morgan fingerprint density at radius 1 is 1.41 bits per heavy atom. The van der Waals surface area contributed by atoms with Gasteiger partial charge >= 0.3 is 0 Å². The second kappa shape index (κ2) is 5.70. The van der Waals surface area contributed by atoms with Crippen molar-refractivity contribution in [1.82, 2.24) is 20.5 Å². The first-order valence-corrected chi connectivity index (χ1v) is 6.34. The zero-order valence-electron chi connectivity index (χ0n) is 9.56. The molecule has 0 aliphatic carbocycles. The molecule has 0 saturated heterocycles. The molecule has 0 aliphatic rings. The maximum absolute atomic E-state index is 11.2. The van der Waals surface area contributed by atoms with Crippen LogP contribution in [0.25, 0.3) is 10.7 Å². The van der Waals surface area contributed by atoms with Crippen molar-refractivity contribution in [2.45, 2.75) is 19.9 Å². The van der Waals surface area contributed by atoms with Gasteiger partial charge < -0.3 is 10.3 Å². The van der Waals surface area contributed by atoms with Crippen LogP contribution in [0.4, 0.5) is 0 Å². The predicted octanol–water partition coefficient (Wildman–Crippen LogP) is 1.39. The van der Waals surface area contributed by atoms with Gasteiger partial charge in [0.25, 0.3) is 0 Å². The van der Waals surface area contributed by atoms with Crippen LogP contribution < -0.4 is 10.9 Å². The van der Waals surface area contributed by atoms with Crippen molar-refractivity contribution in [1.29, 1.82) is 0 Å². The molecular formula is C11H14N4OS. The van der Waals surface area contributed by atoms with E-state index >= 15 is 0 Å². The lowest BCUT2D eigenvalue weighted by Crippen LogP contribution is -2.13. The smallest absolute Gasteiger partial charge is 0.248 e. The van der Waals surface area contributed by atoms with Gasteiger partial charge in [0.2, 0.25) is 5.56 Å². The molecule has 2 N–H and O–H groups in total. The Hall–Kier alpha value is -1.53. The van der Waals surface area contributed by atoms with Gasteiger partial charge in [-0.1, -0.05) is 24.3 Å². The van der Waals surface area contributed by atoms with Gasteiger partial charge in [0.05, 0.1) is 5.69 Å². The third kappa shape index (κ3) is 3.21.